The van der Waals surface area contributed by atoms with Crippen molar-refractivity contribution >= 4 is 17.0 Å². The predicted molar refractivity (Wildman–Crippen MR) is 129 cm³/mol. The van der Waals surface area contributed by atoms with Crippen LogP contribution in [0.2, 0.25) is 0 Å². The van der Waals surface area contributed by atoms with E-state index in [-0.39, 0.29) is 0 Å². The monoisotopic (exact) mass is 497 g/mol. The van der Waals surface area contributed by atoms with Crippen LogP contribution in [0.5, 0.6) is 0 Å². The fraction of sp³-hybridized carbons (Fsp3) is 0.308. The third-order valence-corrected chi connectivity index (χ3v) is 6.14. The topological polar surface area (TPSA) is 84.1 Å². The maximum Gasteiger partial charge on any atom is 0.490 e. The summed E-state index contributed by atoms with van der Waals surface area (Å²) in [5, 5.41) is 7.12. The van der Waals surface area contributed by atoms with Crippen LogP contribution in [0, 0.1) is 0 Å². The number of carboxylic acid groups (broad SMARTS) is 1. The highest BCUT2D eigenvalue weighted by Crippen LogP contribution is 2.33. The molecule has 10 heteroatoms. The lowest BCUT2D eigenvalue weighted by atomic mass is 9.92. The number of halogens is 3. The van der Waals surface area contributed by atoms with E-state index < -0.39 is 12.1 Å². The quantitative estimate of drug-likeness (QED) is 0.425. The van der Waals surface area contributed by atoms with Crippen molar-refractivity contribution in [2.75, 3.05) is 13.1 Å². The molecule has 0 atom stereocenters. The lowest BCUT2D eigenvalue weighted by Crippen LogP contribution is -2.33. The van der Waals surface area contributed by atoms with E-state index in [9.17, 15) is 13.2 Å². The van der Waals surface area contributed by atoms with Crippen LogP contribution in [0.4, 0.5) is 13.2 Å². The molecule has 0 saturated carbocycles. The molecule has 1 N–H and O–H groups in total. The van der Waals surface area contributed by atoms with Crippen LogP contribution in [0.1, 0.15) is 30.1 Å². The summed E-state index contributed by atoms with van der Waals surface area (Å²) in [7, 11) is 2.06. The minimum Gasteiger partial charge on any atom is -0.475 e. The Hall–Kier alpha value is -3.79. The Labute approximate surface area is 206 Å². The minimum absolute atomic E-state index is 0.483. The number of aromatic nitrogens is 4. The second-order valence-electron chi connectivity index (χ2n) is 8.66. The molecule has 7 nitrogen and oxygen atoms in total. The van der Waals surface area contributed by atoms with Crippen molar-refractivity contribution in [3.63, 3.8) is 0 Å². The zero-order valence-corrected chi connectivity index (χ0v) is 19.7. The SMILES string of the molecule is Cn1cnc2c(-c3ccccc3)nc(C3CCN(Cc4ccccn4)CC3)cc21.O=C(O)C(F)(F)F. The van der Waals surface area contributed by atoms with Gasteiger partial charge in [-0.1, -0.05) is 36.4 Å². The van der Waals surface area contributed by atoms with Gasteiger partial charge in [-0.2, -0.15) is 13.2 Å². The number of carbonyl (C=O) groups is 1. The molecule has 3 aromatic heterocycles. The number of hydrogen-bond donors (Lipinski definition) is 1. The highest BCUT2D eigenvalue weighted by Gasteiger charge is 2.38. The van der Waals surface area contributed by atoms with Crippen LogP contribution >= 0.6 is 0 Å². The van der Waals surface area contributed by atoms with Crippen molar-refractivity contribution in [2.45, 2.75) is 31.5 Å². The van der Waals surface area contributed by atoms with Crippen LogP contribution in [-0.2, 0) is 18.4 Å². The van der Waals surface area contributed by atoms with E-state index in [1.165, 1.54) is 5.69 Å². The van der Waals surface area contributed by atoms with E-state index in [1.54, 1.807) is 0 Å². The summed E-state index contributed by atoms with van der Waals surface area (Å²) in [6.45, 7) is 3.08. The Kier molecular flexibility index (Phi) is 7.64. The third kappa shape index (κ3) is 6.06. The van der Waals surface area contributed by atoms with Crippen LogP contribution in [0.25, 0.3) is 22.3 Å². The first-order valence-electron chi connectivity index (χ1n) is 11.5. The number of carboxylic acids is 1. The van der Waals surface area contributed by atoms with Gasteiger partial charge in [0.1, 0.15) is 5.52 Å². The van der Waals surface area contributed by atoms with Crippen LogP contribution in [0.3, 0.4) is 0 Å². The lowest BCUT2D eigenvalue weighted by Gasteiger charge is -2.31. The van der Waals surface area contributed by atoms with Gasteiger partial charge < -0.3 is 9.67 Å². The molecule has 0 aliphatic carbocycles. The third-order valence-electron chi connectivity index (χ3n) is 6.14. The number of aryl methyl sites for hydroxylation is 1. The fourth-order valence-corrected chi connectivity index (χ4v) is 4.26. The Morgan fingerprint density at radius 1 is 1.06 bits per heavy atom. The van der Waals surface area contributed by atoms with Crippen LogP contribution in [0.15, 0.2) is 67.1 Å². The summed E-state index contributed by atoms with van der Waals surface area (Å²) in [6, 6.07) is 18.8. The zero-order valence-electron chi connectivity index (χ0n) is 19.7. The van der Waals surface area contributed by atoms with Gasteiger partial charge in [0, 0.05) is 37.0 Å². The van der Waals surface area contributed by atoms with Gasteiger partial charge in [0.25, 0.3) is 0 Å². The number of piperidine rings is 1. The van der Waals surface area contributed by atoms with Crippen molar-refractivity contribution < 1.29 is 23.1 Å². The van der Waals surface area contributed by atoms with Crippen LogP contribution in [-0.4, -0.2) is 54.8 Å². The molecule has 0 unspecified atom stereocenters. The summed E-state index contributed by atoms with van der Waals surface area (Å²) in [5.41, 5.74) is 6.60. The number of rotatable bonds is 4. The molecule has 0 radical (unpaired) electrons. The zero-order chi connectivity index (χ0) is 25.7. The van der Waals surface area contributed by atoms with Crippen molar-refractivity contribution in [3.8, 4) is 11.3 Å². The molecular weight excluding hydrogens is 471 g/mol. The maximum absolute atomic E-state index is 10.6. The first kappa shape index (κ1) is 25.3. The molecule has 4 aromatic rings. The maximum atomic E-state index is 10.6. The first-order valence-corrected chi connectivity index (χ1v) is 11.5. The molecule has 4 heterocycles. The van der Waals surface area contributed by atoms with Gasteiger partial charge in [-0.15, -0.1) is 0 Å². The highest BCUT2D eigenvalue weighted by atomic mass is 19.4. The van der Waals surface area contributed by atoms with Gasteiger partial charge in [0.2, 0.25) is 0 Å². The number of pyridine rings is 2. The second-order valence-corrected chi connectivity index (χ2v) is 8.66. The Bertz CT molecular complexity index is 1300. The molecule has 1 aliphatic rings. The van der Waals surface area contributed by atoms with E-state index >= 15 is 0 Å². The van der Waals surface area contributed by atoms with Crippen molar-refractivity contribution in [2.24, 2.45) is 7.05 Å². The van der Waals surface area contributed by atoms with Crippen molar-refractivity contribution in [3.05, 3.63) is 78.5 Å². The number of alkyl halides is 3. The molecular formula is C26H26F3N5O2. The summed E-state index contributed by atoms with van der Waals surface area (Å²) in [6.07, 6.45) is 0.924. The summed E-state index contributed by atoms with van der Waals surface area (Å²) in [5.74, 6) is -2.27. The molecule has 0 amide bonds. The van der Waals surface area contributed by atoms with Gasteiger partial charge in [0.15, 0.2) is 0 Å². The average Bonchev–Trinajstić information content (AvgIpc) is 3.25. The normalized spacial score (nSPS) is 14.9. The molecule has 188 valence electrons. The summed E-state index contributed by atoms with van der Waals surface area (Å²) >= 11 is 0. The van der Waals surface area contributed by atoms with E-state index in [1.807, 2.05) is 24.7 Å². The largest absolute Gasteiger partial charge is 0.490 e. The van der Waals surface area contributed by atoms with Gasteiger partial charge >= 0.3 is 12.1 Å². The molecule has 36 heavy (non-hydrogen) atoms. The molecule has 1 saturated heterocycles. The first-order chi connectivity index (χ1) is 17.2. The number of benzene rings is 1. The number of imidazole rings is 1. The summed E-state index contributed by atoms with van der Waals surface area (Å²) < 4.78 is 33.8. The molecule has 1 aromatic carbocycles. The van der Waals surface area contributed by atoms with Crippen molar-refractivity contribution in [1.29, 1.82) is 0 Å². The number of hydrogen-bond acceptors (Lipinski definition) is 5. The van der Waals surface area contributed by atoms with Gasteiger partial charge in [-0.25, -0.2) is 9.78 Å². The molecule has 5 rings (SSSR count). The summed E-state index contributed by atoms with van der Waals surface area (Å²) in [4.78, 5) is 25.6. The molecule has 1 fully saturated rings. The van der Waals surface area contributed by atoms with Gasteiger partial charge in [-0.3, -0.25) is 14.9 Å². The number of nitrogens with zero attached hydrogens (tertiary/aromatic N) is 5. The average molecular weight is 498 g/mol. The van der Waals surface area contributed by atoms with E-state index in [0.717, 1.165) is 60.5 Å². The molecule has 0 spiro atoms. The van der Waals surface area contributed by atoms with Crippen molar-refractivity contribution in [1.82, 2.24) is 24.4 Å². The van der Waals surface area contributed by atoms with Gasteiger partial charge in [-0.05, 0) is 44.1 Å². The Morgan fingerprint density at radius 3 is 2.33 bits per heavy atom. The molecule has 0 bridgehead atoms. The predicted octanol–water partition coefficient (Wildman–Crippen LogP) is 5.04. The Balaban J connectivity index is 0.000000384. The smallest absolute Gasteiger partial charge is 0.475 e. The number of aliphatic carboxylic acids is 1. The van der Waals surface area contributed by atoms with Crippen LogP contribution < -0.4 is 0 Å². The second kappa shape index (κ2) is 10.9. The van der Waals surface area contributed by atoms with E-state index in [0.29, 0.717) is 5.92 Å². The fourth-order valence-electron chi connectivity index (χ4n) is 4.26. The van der Waals surface area contributed by atoms with E-state index in [2.05, 4.69) is 68.9 Å². The Morgan fingerprint density at radius 2 is 1.72 bits per heavy atom. The highest BCUT2D eigenvalue weighted by molar-refractivity contribution is 5.90. The van der Waals surface area contributed by atoms with Gasteiger partial charge in [0.05, 0.1) is 23.2 Å². The van der Waals surface area contributed by atoms with E-state index in [4.69, 9.17) is 14.9 Å². The standard InChI is InChI=1S/C24H25N5.C2HF3O2/c1-28-17-26-24-22(28)15-21(27-23(24)19-7-3-2-4-8-19)18-10-13-29(14-11-18)16-20-9-5-6-12-25-20;3-2(4,5)1(6)7/h2-9,12,15,17-18H,10-11,13-14,16H2,1H3;(H,6,7). The molecule has 1 aliphatic heterocycles. The minimum atomic E-state index is -5.08. The number of fused-ring (bicyclic) bond motifs is 1. The number of likely N-dealkylation sites (tertiary alicyclic amines) is 1. The lowest BCUT2D eigenvalue weighted by molar-refractivity contribution is -0.192.